The molecule has 19 heavy (non-hydrogen) atoms. The minimum absolute atomic E-state index is 0.119. The van der Waals surface area contributed by atoms with Crippen molar-refractivity contribution in [1.82, 2.24) is 10.3 Å². The third kappa shape index (κ3) is 3.97. The molecule has 0 unspecified atom stereocenters. The number of amides is 1. The Morgan fingerprint density at radius 3 is 2.84 bits per heavy atom. The topological polar surface area (TPSA) is 57.3 Å². The minimum atomic E-state index is -0.119. The lowest BCUT2D eigenvalue weighted by atomic mass is 10.3. The number of nitrogens with zero attached hydrogens (tertiary/aromatic N) is 2. The van der Waals surface area contributed by atoms with E-state index in [4.69, 9.17) is 6.42 Å². The number of carbonyl (C=O) groups excluding carboxylic acids is 1. The molecule has 1 aliphatic heterocycles. The fourth-order valence-corrected chi connectivity index (χ4v) is 2.05. The van der Waals surface area contributed by atoms with Crippen LogP contribution in [0.4, 0.5) is 11.5 Å². The van der Waals surface area contributed by atoms with Crippen LogP contribution >= 0.6 is 0 Å². The molecule has 0 atom stereocenters. The summed E-state index contributed by atoms with van der Waals surface area (Å²) in [5, 5.41) is 5.60. The highest BCUT2D eigenvalue weighted by Gasteiger charge is 2.13. The molecule has 0 bridgehead atoms. The molecule has 5 heteroatoms. The smallest absolute Gasteiger partial charge is 0.238 e. The number of pyridine rings is 1. The first-order valence-corrected chi connectivity index (χ1v) is 6.44. The lowest BCUT2D eigenvalue weighted by Crippen LogP contribution is -2.28. The van der Waals surface area contributed by atoms with Gasteiger partial charge in [0, 0.05) is 13.1 Å². The Labute approximate surface area is 113 Å². The Hall–Kier alpha value is -2.06. The van der Waals surface area contributed by atoms with Crippen LogP contribution in [0.5, 0.6) is 0 Å². The van der Waals surface area contributed by atoms with Crippen molar-refractivity contribution in [1.29, 1.82) is 0 Å². The molecule has 0 aromatic carbocycles. The van der Waals surface area contributed by atoms with Crippen molar-refractivity contribution in [3.05, 3.63) is 18.3 Å². The normalized spacial score (nSPS) is 14.2. The summed E-state index contributed by atoms with van der Waals surface area (Å²) >= 11 is 0. The van der Waals surface area contributed by atoms with E-state index in [2.05, 4.69) is 26.4 Å². The van der Waals surface area contributed by atoms with Gasteiger partial charge in [-0.3, -0.25) is 10.1 Å². The van der Waals surface area contributed by atoms with Crippen molar-refractivity contribution in [2.24, 2.45) is 0 Å². The van der Waals surface area contributed by atoms with Crippen LogP contribution in [0.3, 0.4) is 0 Å². The van der Waals surface area contributed by atoms with E-state index in [1.165, 1.54) is 12.8 Å². The van der Waals surface area contributed by atoms with Crippen molar-refractivity contribution in [2.75, 3.05) is 36.4 Å². The predicted octanol–water partition coefficient (Wildman–Crippen LogP) is 0.843. The Kier molecular flexibility index (Phi) is 4.76. The summed E-state index contributed by atoms with van der Waals surface area (Å²) in [7, 11) is 0. The van der Waals surface area contributed by atoms with Crippen LogP contribution in [0.2, 0.25) is 0 Å². The summed E-state index contributed by atoms with van der Waals surface area (Å²) in [4.78, 5) is 18.2. The van der Waals surface area contributed by atoms with Gasteiger partial charge in [-0.1, -0.05) is 5.92 Å². The van der Waals surface area contributed by atoms with Crippen molar-refractivity contribution < 1.29 is 4.79 Å². The SMILES string of the molecule is C#CCNCC(=O)Nc1ccc(N2CCCC2)nc1. The molecular formula is C14H18N4O. The molecule has 1 amide bonds. The Balaban J connectivity index is 1.84. The van der Waals surface area contributed by atoms with E-state index in [1.54, 1.807) is 6.20 Å². The van der Waals surface area contributed by atoms with Crippen LogP contribution in [0.15, 0.2) is 18.3 Å². The van der Waals surface area contributed by atoms with Gasteiger partial charge in [0.25, 0.3) is 0 Å². The second-order valence-electron chi connectivity index (χ2n) is 4.46. The number of nitrogens with one attached hydrogen (secondary N) is 2. The highest BCUT2D eigenvalue weighted by Crippen LogP contribution is 2.18. The van der Waals surface area contributed by atoms with E-state index >= 15 is 0 Å². The molecule has 1 fully saturated rings. The van der Waals surface area contributed by atoms with Crippen LogP contribution < -0.4 is 15.5 Å². The molecular weight excluding hydrogens is 240 g/mol. The number of carbonyl (C=O) groups is 1. The monoisotopic (exact) mass is 258 g/mol. The van der Waals surface area contributed by atoms with Gasteiger partial charge in [-0.05, 0) is 25.0 Å². The molecule has 1 aromatic heterocycles. The fourth-order valence-electron chi connectivity index (χ4n) is 2.05. The average Bonchev–Trinajstić information content (AvgIpc) is 2.94. The molecule has 0 aliphatic carbocycles. The molecule has 1 aromatic rings. The highest BCUT2D eigenvalue weighted by atomic mass is 16.1. The van der Waals surface area contributed by atoms with Gasteiger partial charge >= 0.3 is 0 Å². The van der Waals surface area contributed by atoms with Crippen LogP contribution in [-0.2, 0) is 4.79 Å². The number of aromatic nitrogens is 1. The summed E-state index contributed by atoms with van der Waals surface area (Å²) in [5.41, 5.74) is 0.704. The maximum Gasteiger partial charge on any atom is 0.238 e. The Morgan fingerprint density at radius 1 is 1.42 bits per heavy atom. The van der Waals surface area contributed by atoms with E-state index in [0.717, 1.165) is 18.9 Å². The third-order valence-electron chi connectivity index (χ3n) is 2.97. The molecule has 5 nitrogen and oxygen atoms in total. The second-order valence-corrected chi connectivity index (χ2v) is 4.46. The van der Waals surface area contributed by atoms with Gasteiger partial charge in [0.1, 0.15) is 5.82 Å². The molecule has 100 valence electrons. The molecule has 1 aliphatic rings. The van der Waals surface area contributed by atoms with Crippen LogP contribution in [0, 0.1) is 12.3 Å². The summed E-state index contributed by atoms with van der Waals surface area (Å²) in [6, 6.07) is 3.82. The quantitative estimate of drug-likeness (QED) is 0.607. The van der Waals surface area contributed by atoms with Crippen LogP contribution in [0.25, 0.3) is 0 Å². The van der Waals surface area contributed by atoms with Crippen molar-refractivity contribution in [3.63, 3.8) is 0 Å². The van der Waals surface area contributed by atoms with Crippen molar-refractivity contribution in [2.45, 2.75) is 12.8 Å². The lowest BCUT2D eigenvalue weighted by molar-refractivity contribution is -0.115. The van der Waals surface area contributed by atoms with Gasteiger partial charge < -0.3 is 10.2 Å². The lowest BCUT2D eigenvalue weighted by Gasteiger charge is -2.16. The number of terminal acetylenes is 1. The van der Waals surface area contributed by atoms with Crippen LogP contribution in [-0.4, -0.2) is 37.1 Å². The van der Waals surface area contributed by atoms with Gasteiger partial charge in [0.2, 0.25) is 5.91 Å². The van der Waals surface area contributed by atoms with Gasteiger partial charge in [-0.15, -0.1) is 6.42 Å². The highest BCUT2D eigenvalue weighted by molar-refractivity contribution is 5.92. The molecule has 0 radical (unpaired) electrons. The zero-order valence-electron chi connectivity index (χ0n) is 10.9. The van der Waals surface area contributed by atoms with E-state index in [-0.39, 0.29) is 12.5 Å². The molecule has 1 saturated heterocycles. The zero-order valence-corrected chi connectivity index (χ0v) is 10.9. The van der Waals surface area contributed by atoms with E-state index < -0.39 is 0 Å². The molecule has 0 spiro atoms. The summed E-state index contributed by atoms with van der Waals surface area (Å²) in [6.45, 7) is 2.72. The van der Waals surface area contributed by atoms with Gasteiger partial charge in [0.05, 0.1) is 25.0 Å². The Bertz CT molecular complexity index is 457. The summed E-state index contributed by atoms with van der Waals surface area (Å²) < 4.78 is 0. The third-order valence-corrected chi connectivity index (χ3v) is 2.97. The molecule has 2 rings (SSSR count). The zero-order chi connectivity index (χ0) is 13.5. The summed E-state index contributed by atoms with van der Waals surface area (Å²) in [5.74, 6) is 3.27. The Morgan fingerprint density at radius 2 is 2.21 bits per heavy atom. The molecule has 0 saturated carbocycles. The van der Waals surface area contributed by atoms with E-state index in [0.29, 0.717) is 12.2 Å². The predicted molar refractivity (Wildman–Crippen MR) is 76.0 cm³/mol. The van der Waals surface area contributed by atoms with Gasteiger partial charge in [0.15, 0.2) is 0 Å². The molecule has 2 heterocycles. The maximum atomic E-state index is 11.5. The number of hydrogen-bond donors (Lipinski definition) is 2. The first-order chi connectivity index (χ1) is 9.29. The second kappa shape index (κ2) is 6.76. The fraction of sp³-hybridized carbons (Fsp3) is 0.429. The van der Waals surface area contributed by atoms with Crippen LogP contribution in [0.1, 0.15) is 12.8 Å². The largest absolute Gasteiger partial charge is 0.357 e. The number of anilines is 2. The summed E-state index contributed by atoms with van der Waals surface area (Å²) in [6.07, 6.45) is 9.22. The number of rotatable bonds is 5. The van der Waals surface area contributed by atoms with Crippen molar-refractivity contribution in [3.8, 4) is 12.3 Å². The van der Waals surface area contributed by atoms with Crippen molar-refractivity contribution >= 4 is 17.4 Å². The minimum Gasteiger partial charge on any atom is -0.357 e. The average molecular weight is 258 g/mol. The standard InChI is InChI=1S/C14H18N4O/c1-2-7-15-11-14(19)17-12-5-6-13(16-10-12)18-8-3-4-9-18/h1,5-6,10,15H,3-4,7-9,11H2,(H,17,19). The van der Waals surface area contributed by atoms with E-state index in [9.17, 15) is 4.79 Å². The van der Waals surface area contributed by atoms with E-state index in [1.807, 2.05) is 12.1 Å². The van der Waals surface area contributed by atoms with Gasteiger partial charge in [-0.2, -0.15) is 0 Å². The maximum absolute atomic E-state index is 11.5. The number of hydrogen-bond acceptors (Lipinski definition) is 4. The molecule has 2 N–H and O–H groups in total. The first kappa shape index (κ1) is 13.4. The first-order valence-electron chi connectivity index (χ1n) is 6.44. The van der Waals surface area contributed by atoms with Gasteiger partial charge in [-0.25, -0.2) is 4.98 Å².